The van der Waals surface area contributed by atoms with Crippen LogP contribution in [0, 0.1) is 6.92 Å². The number of morpholine rings is 1. The van der Waals surface area contributed by atoms with Crippen LogP contribution in [-0.2, 0) is 4.74 Å². The van der Waals surface area contributed by atoms with E-state index >= 15 is 0 Å². The topological polar surface area (TPSA) is 77.4 Å². The number of benzene rings is 1. The molecular formula is C22H22N4O3. The van der Waals surface area contributed by atoms with Crippen LogP contribution < -0.4 is 4.74 Å². The predicted molar refractivity (Wildman–Crippen MR) is 108 cm³/mol. The van der Waals surface area contributed by atoms with Gasteiger partial charge in [0.25, 0.3) is 5.91 Å². The number of aryl methyl sites for hydroxylation is 1. The third-order valence-corrected chi connectivity index (χ3v) is 4.84. The van der Waals surface area contributed by atoms with Crippen LogP contribution in [0.3, 0.4) is 0 Å². The highest BCUT2D eigenvalue weighted by Gasteiger charge is 2.28. The summed E-state index contributed by atoms with van der Waals surface area (Å²) in [5.74, 6) is 0.658. The van der Waals surface area contributed by atoms with Crippen LogP contribution in [0.2, 0.25) is 0 Å². The minimum absolute atomic E-state index is 0.142. The Hall–Kier alpha value is -3.32. The van der Waals surface area contributed by atoms with Gasteiger partial charge in [0, 0.05) is 18.3 Å². The van der Waals surface area contributed by atoms with Crippen molar-refractivity contribution < 1.29 is 14.3 Å². The van der Waals surface area contributed by atoms with Crippen molar-refractivity contribution in [1.82, 2.24) is 19.9 Å². The Morgan fingerprint density at radius 1 is 1.14 bits per heavy atom. The fourth-order valence-corrected chi connectivity index (χ4v) is 3.23. The van der Waals surface area contributed by atoms with Crippen molar-refractivity contribution in [2.24, 2.45) is 0 Å². The van der Waals surface area contributed by atoms with Gasteiger partial charge in [0.05, 0.1) is 43.5 Å². The van der Waals surface area contributed by atoms with E-state index in [2.05, 4.69) is 9.97 Å². The highest BCUT2D eigenvalue weighted by molar-refractivity contribution is 5.92. The van der Waals surface area contributed by atoms with Gasteiger partial charge in [0.15, 0.2) is 0 Å². The fraction of sp³-hybridized carbons (Fsp3) is 0.273. The smallest absolute Gasteiger partial charge is 0.274 e. The van der Waals surface area contributed by atoms with Crippen LogP contribution in [-0.4, -0.2) is 52.6 Å². The maximum Gasteiger partial charge on any atom is 0.274 e. The van der Waals surface area contributed by atoms with Gasteiger partial charge in [0.2, 0.25) is 0 Å². The van der Waals surface area contributed by atoms with E-state index in [0.29, 0.717) is 25.4 Å². The second-order valence-corrected chi connectivity index (χ2v) is 6.83. The second kappa shape index (κ2) is 8.36. The molecule has 1 aromatic carbocycles. The molecule has 3 aromatic rings. The molecule has 1 amide bonds. The molecule has 0 N–H and O–H groups in total. The lowest BCUT2D eigenvalue weighted by Crippen LogP contribution is -2.42. The number of rotatable bonds is 4. The number of methoxy groups -OCH3 is 1. The van der Waals surface area contributed by atoms with Gasteiger partial charge < -0.3 is 14.4 Å². The van der Waals surface area contributed by atoms with E-state index in [1.54, 1.807) is 18.2 Å². The van der Waals surface area contributed by atoms with E-state index in [0.717, 1.165) is 28.4 Å². The summed E-state index contributed by atoms with van der Waals surface area (Å²) in [7, 11) is 1.64. The minimum Gasteiger partial charge on any atom is -0.497 e. The molecule has 0 aliphatic carbocycles. The van der Waals surface area contributed by atoms with E-state index in [1.165, 1.54) is 6.20 Å². The van der Waals surface area contributed by atoms with Crippen molar-refractivity contribution in [1.29, 1.82) is 0 Å². The van der Waals surface area contributed by atoms with Crippen molar-refractivity contribution in [3.05, 3.63) is 71.9 Å². The van der Waals surface area contributed by atoms with E-state index in [4.69, 9.17) is 14.5 Å². The second-order valence-electron chi connectivity index (χ2n) is 6.83. The van der Waals surface area contributed by atoms with Crippen molar-refractivity contribution in [2.75, 3.05) is 26.8 Å². The molecule has 0 radical (unpaired) electrons. The van der Waals surface area contributed by atoms with Crippen LogP contribution in [0.1, 0.15) is 28.0 Å². The Bertz CT molecular complexity index is 990. The molecule has 1 fully saturated rings. The van der Waals surface area contributed by atoms with Gasteiger partial charge in [-0.2, -0.15) is 0 Å². The van der Waals surface area contributed by atoms with E-state index in [9.17, 15) is 4.79 Å². The molecule has 1 atom stereocenters. The van der Waals surface area contributed by atoms with Crippen LogP contribution in [0.5, 0.6) is 5.75 Å². The highest BCUT2D eigenvalue weighted by atomic mass is 16.5. The molecule has 148 valence electrons. The summed E-state index contributed by atoms with van der Waals surface area (Å²) in [5, 5.41) is 0. The van der Waals surface area contributed by atoms with Gasteiger partial charge >= 0.3 is 0 Å². The average Bonchev–Trinajstić information content (AvgIpc) is 2.79. The van der Waals surface area contributed by atoms with Crippen molar-refractivity contribution in [2.45, 2.75) is 13.0 Å². The molecule has 0 saturated carbocycles. The average molecular weight is 390 g/mol. The molecule has 3 heterocycles. The largest absolute Gasteiger partial charge is 0.497 e. The number of hydrogen-bond donors (Lipinski definition) is 0. The normalized spacial score (nSPS) is 16.5. The zero-order valence-corrected chi connectivity index (χ0v) is 16.4. The lowest BCUT2D eigenvalue weighted by atomic mass is 10.1. The van der Waals surface area contributed by atoms with Gasteiger partial charge in [-0.1, -0.05) is 6.07 Å². The third kappa shape index (κ3) is 4.25. The zero-order valence-electron chi connectivity index (χ0n) is 16.4. The van der Waals surface area contributed by atoms with Crippen LogP contribution in [0.25, 0.3) is 11.3 Å². The van der Waals surface area contributed by atoms with Crippen molar-refractivity contribution in [3.8, 4) is 17.0 Å². The summed E-state index contributed by atoms with van der Waals surface area (Å²) in [6, 6.07) is 13.6. The van der Waals surface area contributed by atoms with Crippen LogP contribution in [0.4, 0.5) is 0 Å². The molecule has 1 saturated heterocycles. The molecule has 4 rings (SSSR count). The summed E-state index contributed by atoms with van der Waals surface area (Å²) in [4.78, 5) is 27.7. The first-order chi connectivity index (χ1) is 14.1. The number of pyridine rings is 1. The lowest BCUT2D eigenvalue weighted by molar-refractivity contribution is -0.0248. The van der Waals surface area contributed by atoms with Gasteiger partial charge in [-0.15, -0.1) is 0 Å². The van der Waals surface area contributed by atoms with Crippen molar-refractivity contribution >= 4 is 5.91 Å². The fourth-order valence-electron chi connectivity index (χ4n) is 3.23. The number of aromatic nitrogens is 3. The van der Waals surface area contributed by atoms with Gasteiger partial charge in [0.1, 0.15) is 17.5 Å². The van der Waals surface area contributed by atoms with E-state index < -0.39 is 0 Å². The molecule has 29 heavy (non-hydrogen) atoms. The maximum atomic E-state index is 12.8. The number of hydrogen-bond acceptors (Lipinski definition) is 6. The highest BCUT2D eigenvalue weighted by Crippen LogP contribution is 2.26. The molecule has 7 nitrogen and oxygen atoms in total. The number of nitrogens with zero attached hydrogens (tertiary/aromatic N) is 4. The lowest BCUT2D eigenvalue weighted by Gasteiger charge is -2.32. The summed E-state index contributed by atoms with van der Waals surface area (Å²) in [6.45, 7) is 3.23. The molecule has 1 aliphatic heterocycles. The predicted octanol–water partition coefficient (Wildman–Crippen LogP) is 3.07. The molecule has 0 unspecified atom stereocenters. The number of amides is 1. The summed E-state index contributed by atoms with van der Waals surface area (Å²) >= 11 is 0. The Morgan fingerprint density at radius 2 is 1.97 bits per heavy atom. The Balaban J connectivity index is 1.52. The first-order valence-corrected chi connectivity index (χ1v) is 9.45. The maximum absolute atomic E-state index is 12.8. The summed E-state index contributed by atoms with van der Waals surface area (Å²) in [6.07, 6.45) is 2.83. The number of ether oxygens (including phenoxy) is 2. The Labute approximate surface area is 169 Å². The number of carbonyl (C=O) groups excluding carboxylic acids is 1. The quantitative estimate of drug-likeness (QED) is 0.681. The molecule has 0 bridgehead atoms. The number of carbonyl (C=O) groups is 1. The van der Waals surface area contributed by atoms with Gasteiger partial charge in [-0.3, -0.25) is 9.78 Å². The standard InChI is InChI=1S/C22H22N4O3/c1-15-12-24-20(13-23-15)22(27)26-10-11-29-21(14-26)19-5-3-4-18(25-19)16-6-8-17(28-2)9-7-16/h3-9,12-13,21H,10-11,14H2,1-2H3/t21-/m1/s1. The molecule has 7 heteroatoms. The Kier molecular flexibility index (Phi) is 5.48. The third-order valence-electron chi connectivity index (χ3n) is 4.84. The van der Waals surface area contributed by atoms with E-state index in [-0.39, 0.29) is 12.0 Å². The monoisotopic (exact) mass is 390 g/mol. The summed E-state index contributed by atoms with van der Waals surface area (Å²) in [5.41, 5.74) is 3.76. The molecule has 2 aromatic heterocycles. The van der Waals surface area contributed by atoms with Gasteiger partial charge in [-0.25, -0.2) is 9.97 Å². The minimum atomic E-state index is -0.288. The SMILES string of the molecule is COc1ccc(-c2cccc([C@H]3CN(C(=O)c4cnc(C)cn4)CCO3)n2)cc1. The van der Waals surface area contributed by atoms with Gasteiger partial charge in [-0.05, 0) is 43.3 Å². The van der Waals surface area contributed by atoms with Crippen LogP contribution >= 0.6 is 0 Å². The first-order valence-electron chi connectivity index (χ1n) is 9.45. The first kappa shape index (κ1) is 19.0. The Morgan fingerprint density at radius 3 is 2.69 bits per heavy atom. The molecular weight excluding hydrogens is 368 g/mol. The van der Waals surface area contributed by atoms with E-state index in [1.807, 2.05) is 49.4 Å². The molecule has 1 aliphatic rings. The molecule has 0 spiro atoms. The zero-order chi connectivity index (χ0) is 20.2. The van der Waals surface area contributed by atoms with Crippen LogP contribution in [0.15, 0.2) is 54.9 Å². The summed E-state index contributed by atoms with van der Waals surface area (Å²) < 4.78 is 11.1. The van der Waals surface area contributed by atoms with Crippen molar-refractivity contribution in [3.63, 3.8) is 0 Å².